The lowest BCUT2D eigenvalue weighted by molar-refractivity contribution is -0.384. The molecule has 274 valence electrons. The van der Waals surface area contributed by atoms with E-state index in [2.05, 4.69) is 15.3 Å². The van der Waals surface area contributed by atoms with Gasteiger partial charge in [-0.1, -0.05) is 12.1 Å². The molecule has 6 rings (SSSR count). The number of esters is 1. The Kier molecular flexibility index (Phi) is 10.2. The first kappa shape index (κ1) is 36.9. The summed E-state index contributed by atoms with van der Waals surface area (Å²) in [7, 11) is -4.13. The van der Waals surface area contributed by atoms with Gasteiger partial charge in [-0.2, -0.15) is 4.31 Å². The van der Waals surface area contributed by atoms with Gasteiger partial charge < -0.3 is 15.2 Å². The normalized spacial score (nSPS) is 16.2. The van der Waals surface area contributed by atoms with Crippen molar-refractivity contribution < 1.29 is 37.6 Å². The third-order valence-electron chi connectivity index (χ3n) is 8.51. The highest BCUT2D eigenvalue weighted by atomic mass is 32.2. The molecule has 5 aromatic rings. The van der Waals surface area contributed by atoms with Crippen molar-refractivity contribution in [2.24, 2.45) is 0 Å². The number of thioether (sulfide) groups is 1. The van der Waals surface area contributed by atoms with Crippen LogP contribution in [0.2, 0.25) is 0 Å². The minimum atomic E-state index is -4.13. The van der Waals surface area contributed by atoms with E-state index < -0.39 is 61.9 Å². The summed E-state index contributed by atoms with van der Waals surface area (Å²) >= 11 is 1.25. The Morgan fingerprint density at radius 1 is 1.08 bits per heavy atom. The van der Waals surface area contributed by atoms with Gasteiger partial charge in [-0.05, 0) is 67.9 Å². The number of carbonyl (C=O) groups excluding carboxylic acids is 2. The fraction of sp³-hybridized carbons (Fsp3) is 0.235. The molecule has 2 atom stereocenters. The molecule has 1 fully saturated rings. The van der Waals surface area contributed by atoms with Crippen LogP contribution in [0.15, 0.2) is 101 Å². The zero-order chi connectivity index (χ0) is 38.1. The molecule has 0 spiro atoms. The number of hydrogen-bond donors (Lipinski definition) is 2. The van der Waals surface area contributed by atoms with Gasteiger partial charge in [0.1, 0.15) is 29.3 Å². The van der Waals surface area contributed by atoms with E-state index in [0.717, 1.165) is 4.31 Å². The smallest absolute Gasteiger partial charge is 0.335 e. The average Bonchev–Trinajstić information content (AvgIpc) is 3.61. The van der Waals surface area contributed by atoms with E-state index in [4.69, 9.17) is 4.74 Å². The number of nitrogens with zero attached hydrogens (tertiary/aromatic N) is 6. The second kappa shape index (κ2) is 14.6. The van der Waals surface area contributed by atoms with Crippen molar-refractivity contribution in [2.75, 3.05) is 5.88 Å². The third-order valence-corrected chi connectivity index (χ3v) is 11.8. The molecular formula is C34H31N7O10S2. The van der Waals surface area contributed by atoms with Crippen LogP contribution in [-0.2, 0) is 37.4 Å². The largest absolute Gasteiger partial charge is 0.480 e. The number of carboxylic acid groups (broad SMARTS) is 1. The molecule has 17 nitrogen and oxygen atoms in total. The summed E-state index contributed by atoms with van der Waals surface area (Å²) in [5, 5.41) is 23.5. The molecule has 0 aliphatic carbocycles. The maximum Gasteiger partial charge on any atom is 0.335 e. The summed E-state index contributed by atoms with van der Waals surface area (Å²) in [6.07, 6.45) is 3.92. The van der Waals surface area contributed by atoms with E-state index in [9.17, 15) is 42.8 Å². The second-order valence-corrected chi connectivity index (χ2v) is 15.9. The number of aromatic nitrogens is 4. The molecule has 1 aliphatic heterocycles. The molecule has 53 heavy (non-hydrogen) atoms. The van der Waals surface area contributed by atoms with Crippen molar-refractivity contribution in [3.8, 4) is 11.4 Å². The number of nitrogens with one attached hydrogen (secondary N) is 1. The maximum absolute atomic E-state index is 13.7. The van der Waals surface area contributed by atoms with Crippen LogP contribution in [0.25, 0.3) is 16.9 Å². The van der Waals surface area contributed by atoms with Crippen LogP contribution in [0.3, 0.4) is 0 Å². The lowest BCUT2D eigenvalue weighted by Crippen LogP contribution is -2.56. The summed E-state index contributed by atoms with van der Waals surface area (Å²) in [6, 6.07) is 14.6. The zero-order valence-corrected chi connectivity index (χ0v) is 29.7. The van der Waals surface area contributed by atoms with Gasteiger partial charge in [0.05, 0.1) is 22.0 Å². The monoisotopic (exact) mass is 761 g/mol. The molecule has 19 heteroatoms. The first-order chi connectivity index (χ1) is 25.2. The number of pyridine rings is 2. The van der Waals surface area contributed by atoms with Gasteiger partial charge in [0.2, 0.25) is 15.9 Å². The second-order valence-electron chi connectivity index (χ2n) is 12.4. The fourth-order valence-corrected chi connectivity index (χ4v) is 9.02. The van der Waals surface area contributed by atoms with Crippen LogP contribution < -0.4 is 15.7 Å². The number of aliphatic carboxylic acids is 1. The number of ether oxygens (including phenoxy) is 1. The van der Waals surface area contributed by atoms with Crippen LogP contribution in [0.1, 0.15) is 19.4 Å². The van der Waals surface area contributed by atoms with Crippen LogP contribution in [-0.4, -0.2) is 82.4 Å². The molecule has 2 aromatic carbocycles. The van der Waals surface area contributed by atoms with Crippen molar-refractivity contribution in [3.63, 3.8) is 0 Å². The Bertz CT molecular complexity index is 2380. The maximum atomic E-state index is 13.7. The molecular weight excluding hydrogens is 731 g/mol. The molecule has 0 saturated carbocycles. The number of nitro groups is 1. The Morgan fingerprint density at radius 3 is 2.42 bits per heavy atom. The van der Waals surface area contributed by atoms with Crippen molar-refractivity contribution in [1.29, 1.82) is 0 Å². The highest BCUT2D eigenvalue weighted by molar-refractivity contribution is 8.02. The van der Waals surface area contributed by atoms with E-state index >= 15 is 0 Å². The predicted molar refractivity (Wildman–Crippen MR) is 191 cm³/mol. The van der Waals surface area contributed by atoms with E-state index in [1.54, 1.807) is 50.2 Å². The SMILES string of the molecule is CC1(C)SCN(S(=O)(=O)c2cccnc2)C1C(=O)NC(Cc1ccc(-n2c(=O)n(CC(=O)Oc3ccc([N+](=O)[O-])cc3)c3cccnc32)cc1)C(=O)O. The first-order valence-electron chi connectivity index (χ1n) is 15.9. The van der Waals surface area contributed by atoms with Gasteiger partial charge in [-0.3, -0.25) is 24.5 Å². The van der Waals surface area contributed by atoms with Gasteiger partial charge in [0, 0.05) is 41.9 Å². The summed E-state index contributed by atoms with van der Waals surface area (Å²) in [6.45, 7) is 2.93. The third kappa shape index (κ3) is 7.52. The number of amides is 1. The van der Waals surface area contributed by atoms with Crippen molar-refractivity contribution in [3.05, 3.63) is 118 Å². The number of rotatable bonds is 12. The molecule has 4 heterocycles. The first-order valence-corrected chi connectivity index (χ1v) is 18.3. The van der Waals surface area contributed by atoms with Crippen LogP contribution in [0, 0.1) is 10.1 Å². The zero-order valence-electron chi connectivity index (χ0n) is 28.1. The summed E-state index contributed by atoms with van der Waals surface area (Å²) in [5.41, 5.74) is 0.582. The number of nitro benzene ring substituents is 1. The number of benzene rings is 2. The Morgan fingerprint density at radius 2 is 1.77 bits per heavy atom. The van der Waals surface area contributed by atoms with Crippen molar-refractivity contribution in [2.45, 2.75) is 48.5 Å². The minimum absolute atomic E-state index is 0.0207. The molecule has 2 N–H and O–H groups in total. The van der Waals surface area contributed by atoms with E-state index in [0.29, 0.717) is 16.8 Å². The molecule has 1 aliphatic rings. The predicted octanol–water partition coefficient (Wildman–Crippen LogP) is 2.75. The molecule has 1 saturated heterocycles. The molecule has 2 unspecified atom stereocenters. The van der Waals surface area contributed by atoms with Gasteiger partial charge >= 0.3 is 17.6 Å². The Balaban J connectivity index is 1.20. The van der Waals surface area contributed by atoms with E-state index in [1.165, 1.54) is 75.9 Å². The lowest BCUT2D eigenvalue weighted by Gasteiger charge is -2.30. The van der Waals surface area contributed by atoms with E-state index in [1.807, 2.05) is 0 Å². The summed E-state index contributed by atoms with van der Waals surface area (Å²) < 4.78 is 34.8. The average molecular weight is 762 g/mol. The number of imidazole rings is 1. The van der Waals surface area contributed by atoms with Crippen molar-refractivity contribution in [1.82, 2.24) is 28.7 Å². The molecule has 3 aromatic heterocycles. The number of sulfonamides is 1. The number of carbonyl (C=O) groups is 3. The van der Waals surface area contributed by atoms with Crippen LogP contribution in [0.4, 0.5) is 5.69 Å². The topological polar surface area (TPSA) is 226 Å². The quantitative estimate of drug-likeness (QED) is 0.0808. The Labute approximate surface area is 305 Å². The van der Waals surface area contributed by atoms with Gasteiger partial charge in [-0.25, -0.2) is 32.4 Å². The van der Waals surface area contributed by atoms with Gasteiger partial charge in [0.25, 0.3) is 5.69 Å². The Hall–Kier alpha value is -5.92. The number of hydrogen-bond acceptors (Lipinski definition) is 12. The van der Waals surface area contributed by atoms with Crippen LogP contribution in [0.5, 0.6) is 5.75 Å². The lowest BCUT2D eigenvalue weighted by atomic mass is 10.0. The molecule has 1 amide bonds. The molecule has 0 bridgehead atoms. The fourth-order valence-electron chi connectivity index (χ4n) is 5.89. The standard InChI is InChI=1S/C34H31N7O10S2/c1-34(2)29(39(20-52-34)53(49,50)25-5-3-15-35-18-25)31(43)37-26(32(44)45)17-21-7-9-22(10-8-21)40-30-27(6-4-16-36-30)38(33(40)46)19-28(42)51-24-13-11-23(12-14-24)41(47)48/h3-16,18,26,29H,17,19-20H2,1-2H3,(H,37,43)(H,44,45). The van der Waals surface area contributed by atoms with Crippen LogP contribution >= 0.6 is 11.8 Å². The summed E-state index contributed by atoms with van der Waals surface area (Å²) in [5.74, 6) is -2.88. The molecule has 0 radical (unpaired) electrons. The summed E-state index contributed by atoms with van der Waals surface area (Å²) in [4.78, 5) is 70.9. The number of non-ortho nitro benzene ring substituents is 1. The van der Waals surface area contributed by atoms with Gasteiger partial charge in [0.15, 0.2) is 5.65 Å². The van der Waals surface area contributed by atoms with Crippen molar-refractivity contribution >= 4 is 56.5 Å². The highest BCUT2D eigenvalue weighted by Gasteiger charge is 2.51. The number of fused-ring (bicyclic) bond motifs is 1. The minimum Gasteiger partial charge on any atom is -0.480 e. The van der Waals surface area contributed by atoms with Gasteiger partial charge in [-0.15, -0.1) is 11.8 Å². The highest BCUT2D eigenvalue weighted by Crippen LogP contribution is 2.42. The number of carboxylic acids is 1. The van der Waals surface area contributed by atoms with E-state index in [-0.39, 0.29) is 34.3 Å².